The molecule has 4 rings (SSSR count). The molecule has 28 heavy (non-hydrogen) atoms. The van der Waals surface area contributed by atoms with Gasteiger partial charge in [0.1, 0.15) is 16.1 Å². The van der Waals surface area contributed by atoms with E-state index in [2.05, 4.69) is 14.9 Å². The SMILES string of the molecule is O=C(CCOc1ccc(Cl)c(Cl)c1)N1CCN(c2nc3cccnc3s2)CC1. The van der Waals surface area contributed by atoms with Crippen molar-refractivity contribution in [2.24, 2.45) is 0 Å². The second-order valence-corrected chi connectivity index (χ2v) is 8.14. The van der Waals surface area contributed by atoms with Crippen molar-refractivity contribution in [3.05, 3.63) is 46.6 Å². The fraction of sp³-hybridized carbons (Fsp3) is 0.316. The second-order valence-electron chi connectivity index (χ2n) is 6.37. The summed E-state index contributed by atoms with van der Waals surface area (Å²) < 4.78 is 5.61. The molecule has 0 bridgehead atoms. The smallest absolute Gasteiger partial charge is 0.226 e. The highest BCUT2D eigenvalue weighted by Crippen LogP contribution is 2.28. The monoisotopic (exact) mass is 436 g/mol. The highest BCUT2D eigenvalue weighted by atomic mass is 35.5. The molecule has 0 unspecified atom stereocenters. The number of carbonyl (C=O) groups is 1. The zero-order valence-corrected chi connectivity index (χ0v) is 17.3. The van der Waals surface area contributed by atoms with Gasteiger partial charge in [-0.15, -0.1) is 0 Å². The van der Waals surface area contributed by atoms with Crippen LogP contribution in [0.1, 0.15) is 6.42 Å². The van der Waals surface area contributed by atoms with Crippen molar-refractivity contribution in [1.82, 2.24) is 14.9 Å². The van der Waals surface area contributed by atoms with E-state index in [9.17, 15) is 4.79 Å². The minimum Gasteiger partial charge on any atom is -0.493 e. The Labute approximate surface area is 176 Å². The second kappa shape index (κ2) is 8.51. The van der Waals surface area contributed by atoms with Crippen LogP contribution in [0.5, 0.6) is 5.75 Å². The van der Waals surface area contributed by atoms with Crippen LogP contribution in [-0.4, -0.2) is 53.6 Å². The van der Waals surface area contributed by atoms with Gasteiger partial charge in [-0.2, -0.15) is 0 Å². The van der Waals surface area contributed by atoms with Crippen LogP contribution < -0.4 is 9.64 Å². The number of fused-ring (bicyclic) bond motifs is 1. The normalized spacial score (nSPS) is 14.5. The summed E-state index contributed by atoms with van der Waals surface area (Å²) in [6.07, 6.45) is 2.10. The number of anilines is 1. The van der Waals surface area contributed by atoms with Gasteiger partial charge in [0.2, 0.25) is 5.91 Å². The summed E-state index contributed by atoms with van der Waals surface area (Å²) in [5, 5.41) is 1.88. The average Bonchev–Trinajstić information content (AvgIpc) is 3.15. The maximum Gasteiger partial charge on any atom is 0.226 e. The summed E-state index contributed by atoms with van der Waals surface area (Å²) in [6.45, 7) is 3.18. The number of ether oxygens (including phenoxy) is 1. The highest BCUT2D eigenvalue weighted by molar-refractivity contribution is 7.21. The first kappa shape index (κ1) is 19.2. The molecule has 9 heteroatoms. The standard InChI is InChI=1S/C19H18Cl2N4O2S/c20-14-4-3-13(12-15(14)21)27-11-5-17(26)24-7-9-25(10-8-24)19-23-16-2-1-6-22-18(16)28-19/h1-4,6,12H,5,7-11H2. The number of rotatable bonds is 5. The van der Waals surface area contributed by atoms with Gasteiger partial charge in [0.05, 0.1) is 23.1 Å². The van der Waals surface area contributed by atoms with Gasteiger partial charge in [-0.25, -0.2) is 9.97 Å². The van der Waals surface area contributed by atoms with Gasteiger partial charge in [-0.05, 0) is 24.3 Å². The lowest BCUT2D eigenvalue weighted by atomic mass is 10.3. The Kier molecular flexibility index (Phi) is 5.85. The Morgan fingerprint density at radius 2 is 1.96 bits per heavy atom. The zero-order valence-electron chi connectivity index (χ0n) is 15.0. The fourth-order valence-electron chi connectivity index (χ4n) is 3.02. The lowest BCUT2D eigenvalue weighted by molar-refractivity contribution is -0.132. The van der Waals surface area contributed by atoms with E-state index < -0.39 is 0 Å². The summed E-state index contributed by atoms with van der Waals surface area (Å²) in [4.78, 5) is 26.5. The molecule has 1 amide bonds. The van der Waals surface area contributed by atoms with Crippen molar-refractivity contribution < 1.29 is 9.53 Å². The van der Waals surface area contributed by atoms with E-state index in [4.69, 9.17) is 27.9 Å². The molecule has 1 aliphatic heterocycles. The maximum absolute atomic E-state index is 12.5. The minimum absolute atomic E-state index is 0.0886. The van der Waals surface area contributed by atoms with Crippen LogP contribution in [0.2, 0.25) is 10.0 Å². The number of aromatic nitrogens is 2. The number of benzene rings is 1. The molecule has 1 aliphatic rings. The Bertz CT molecular complexity index is 956. The minimum atomic E-state index is 0.0886. The van der Waals surface area contributed by atoms with E-state index in [1.54, 1.807) is 35.7 Å². The molecule has 3 aromatic rings. The van der Waals surface area contributed by atoms with E-state index in [0.29, 0.717) is 41.9 Å². The summed E-state index contributed by atoms with van der Waals surface area (Å²) in [6, 6.07) is 8.93. The van der Waals surface area contributed by atoms with Crippen LogP contribution in [0, 0.1) is 0 Å². The molecule has 0 atom stereocenters. The predicted octanol–water partition coefficient (Wildman–Crippen LogP) is 4.12. The first-order chi connectivity index (χ1) is 13.6. The molecule has 0 saturated carbocycles. The quantitative estimate of drug-likeness (QED) is 0.601. The van der Waals surface area contributed by atoms with Crippen LogP contribution in [0.3, 0.4) is 0 Å². The Balaban J connectivity index is 1.26. The van der Waals surface area contributed by atoms with E-state index >= 15 is 0 Å². The number of amides is 1. The summed E-state index contributed by atoms with van der Waals surface area (Å²) in [5.41, 5.74) is 0.917. The molecule has 2 aromatic heterocycles. The summed E-state index contributed by atoms with van der Waals surface area (Å²) >= 11 is 13.4. The van der Waals surface area contributed by atoms with Gasteiger partial charge >= 0.3 is 0 Å². The van der Waals surface area contributed by atoms with E-state index in [-0.39, 0.29) is 5.91 Å². The molecule has 0 spiro atoms. The molecule has 1 saturated heterocycles. The van der Waals surface area contributed by atoms with Gasteiger partial charge < -0.3 is 14.5 Å². The van der Waals surface area contributed by atoms with Gasteiger partial charge in [-0.1, -0.05) is 34.5 Å². The number of hydrogen-bond donors (Lipinski definition) is 0. The van der Waals surface area contributed by atoms with Crippen LogP contribution in [-0.2, 0) is 4.79 Å². The number of pyridine rings is 1. The lowest BCUT2D eigenvalue weighted by Gasteiger charge is -2.34. The molecule has 3 heterocycles. The van der Waals surface area contributed by atoms with Crippen molar-refractivity contribution in [3.63, 3.8) is 0 Å². The number of nitrogens with zero attached hydrogens (tertiary/aromatic N) is 4. The molecule has 146 valence electrons. The number of carbonyl (C=O) groups excluding carboxylic acids is 1. The highest BCUT2D eigenvalue weighted by Gasteiger charge is 2.23. The van der Waals surface area contributed by atoms with Crippen molar-refractivity contribution in [2.75, 3.05) is 37.7 Å². The molecule has 1 fully saturated rings. The van der Waals surface area contributed by atoms with E-state index in [1.807, 2.05) is 17.0 Å². The van der Waals surface area contributed by atoms with Crippen molar-refractivity contribution in [2.45, 2.75) is 6.42 Å². The largest absolute Gasteiger partial charge is 0.493 e. The van der Waals surface area contributed by atoms with Crippen LogP contribution in [0.15, 0.2) is 36.5 Å². The lowest BCUT2D eigenvalue weighted by Crippen LogP contribution is -2.49. The number of piperazine rings is 1. The molecular formula is C19H18Cl2N4O2S. The number of hydrogen-bond acceptors (Lipinski definition) is 6. The average molecular weight is 437 g/mol. The summed E-state index contributed by atoms with van der Waals surface area (Å²) in [7, 11) is 0. The van der Waals surface area contributed by atoms with E-state index in [1.165, 1.54) is 0 Å². The van der Waals surface area contributed by atoms with E-state index in [0.717, 1.165) is 28.6 Å². The van der Waals surface area contributed by atoms with Gasteiger partial charge in [0.15, 0.2) is 5.13 Å². The first-order valence-corrected chi connectivity index (χ1v) is 10.5. The number of thiazole rings is 1. The Morgan fingerprint density at radius 1 is 1.14 bits per heavy atom. The maximum atomic E-state index is 12.5. The fourth-order valence-corrected chi connectivity index (χ4v) is 4.27. The molecule has 1 aromatic carbocycles. The predicted molar refractivity (Wildman–Crippen MR) is 113 cm³/mol. The van der Waals surface area contributed by atoms with Crippen molar-refractivity contribution in [3.8, 4) is 5.75 Å². The van der Waals surface area contributed by atoms with Crippen molar-refractivity contribution >= 4 is 55.9 Å². The number of halogens is 2. The third-order valence-corrected chi connectivity index (χ3v) is 6.31. The Morgan fingerprint density at radius 3 is 2.71 bits per heavy atom. The van der Waals surface area contributed by atoms with Crippen LogP contribution in [0.25, 0.3) is 10.3 Å². The first-order valence-electron chi connectivity index (χ1n) is 8.92. The third-order valence-electron chi connectivity index (χ3n) is 4.53. The summed E-state index contributed by atoms with van der Waals surface area (Å²) in [5.74, 6) is 0.696. The van der Waals surface area contributed by atoms with Gasteiger partial charge in [0, 0.05) is 38.4 Å². The molecule has 0 N–H and O–H groups in total. The van der Waals surface area contributed by atoms with Crippen LogP contribution in [0.4, 0.5) is 5.13 Å². The Hall–Kier alpha value is -2.09. The molecule has 0 radical (unpaired) electrons. The molecular weight excluding hydrogens is 419 g/mol. The molecule has 6 nitrogen and oxygen atoms in total. The topological polar surface area (TPSA) is 58.6 Å². The van der Waals surface area contributed by atoms with Gasteiger partial charge in [0.25, 0.3) is 0 Å². The van der Waals surface area contributed by atoms with Crippen LogP contribution >= 0.6 is 34.5 Å². The molecule has 0 aliphatic carbocycles. The third kappa shape index (κ3) is 4.32. The van der Waals surface area contributed by atoms with Crippen molar-refractivity contribution in [1.29, 1.82) is 0 Å². The zero-order chi connectivity index (χ0) is 19.5. The van der Waals surface area contributed by atoms with Gasteiger partial charge in [-0.3, -0.25) is 4.79 Å².